The number of aromatic nitrogens is 1. The van der Waals surface area contributed by atoms with Crippen molar-refractivity contribution in [1.29, 1.82) is 0 Å². The molecule has 1 aliphatic rings. The quantitative estimate of drug-likeness (QED) is 0.661. The zero-order valence-corrected chi connectivity index (χ0v) is 14.6. The summed E-state index contributed by atoms with van der Waals surface area (Å²) in [5.74, 6) is 0. The predicted molar refractivity (Wildman–Crippen MR) is 102 cm³/mol. The number of nitrogens with one attached hydrogen (secondary N) is 1. The highest BCUT2D eigenvalue weighted by atomic mass is 35.5. The van der Waals surface area contributed by atoms with Crippen LogP contribution in [0.5, 0.6) is 0 Å². The molecule has 124 valence electrons. The van der Waals surface area contributed by atoms with E-state index in [1.54, 1.807) is 0 Å². The van der Waals surface area contributed by atoms with E-state index in [2.05, 4.69) is 52.5 Å². The maximum Gasteiger partial charge on any atom is 0.0486 e. The molecule has 1 heterocycles. The van der Waals surface area contributed by atoms with E-state index in [-0.39, 0.29) is 0 Å². The van der Waals surface area contributed by atoms with Gasteiger partial charge in [0.15, 0.2) is 0 Å². The van der Waals surface area contributed by atoms with Crippen molar-refractivity contribution in [3.8, 4) is 0 Å². The molecule has 0 amide bonds. The second kappa shape index (κ2) is 7.00. The summed E-state index contributed by atoms with van der Waals surface area (Å²) in [4.78, 5) is 0. The van der Waals surface area contributed by atoms with Crippen LogP contribution in [0.3, 0.4) is 0 Å². The monoisotopic (exact) mass is 338 g/mol. The molecule has 24 heavy (non-hydrogen) atoms. The van der Waals surface area contributed by atoms with Gasteiger partial charge in [0.25, 0.3) is 0 Å². The molecular weight excluding hydrogens is 316 g/mol. The Labute approximate surface area is 148 Å². The van der Waals surface area contributed by atoms with Crippen molar-refractivity contribution in [3.05, 3.63) is 70.9 Å². The molecule has 0 unspecified atom stereocenters. The van der Waals surface area contributed by atoms with E-state index >= 15 is 0 Å². The Balaban J connectivity index is 1.59. The average molecular weight is 339 g/mol. The topological polar surface area (TPSA) is 17.0 Å². The summed E-state index contributed by atoms with van der Waals surface area (Å²) >= 11 is 6.00. The number of para-hydroxylation sites is 1. The van der Waals surface area contributed by atoms with E-state index in [9.17, 15) is 0 Å². The molecule has 0 spiro atoms. The lowest BCUT2D eigenvalue weighted by atomic mass is 10.1. The van der Waals surface area contributed by atoms with Crippen molar-refractivity contribution in [2.24, 2.45) is 0 Å². The van der Waals surface area contributed by atoms with Crippen LogP contribution in [-0.4, -0.2) is 10.6 Å². The highest BCUT2D eigenvalue weighted by Crippen LogP contribution is 2.24. The highest BCUT2D eigenvalue weighted by Gasteiger charge is 2.15. The molecule has 2 aromatic carbocycles. The van der Waals surface area contributed by atoms with Crippen LogP contribution in [0.2, 0.25) is 5.02 Å². The molecule has 1 N–H and O–H groups in total. The summed E-state index contributed by atoms with van der Waals surface area (Å²) in [6, 6.07) is 17.5. The molecule has 3 aromatic rings. The van der Waals surface area contributed by atoms with Gasteiger partial charge in [0.2, 0.25) is 0 Å². The molecule has 1 aromatic heterocycles. The predicted octanol–water partition coefficient (Wildman–Crippen LogP) is 5.38. The highest BCUT2D eigenvalue weighted by molar-refractivity contribution is 6.30. The summed E-state index contributed by atoms with van der Waals surface area (Å²) < 4.78 is 2.35. The normalized spacial score (nSPS) is 15.4. The van der Waals surface area contributed by atoms with Crippen LogP contribution in [0, 0.1) is 0 Å². The van der Waals surface area contributed by atoms with Gasteiger partial charge in [-0.25, -0.2) is 0 Å². The molecule has 2 nitrogen and oxygen atoms in total. The van der Waals surface area contributed by atoms with Crippen molar-refractivity contribution in [3.63, 3.8) is 0 Å². The summed E-state index contributed by atoms with van der Waals surface area (Å²) in [5, 5.41) is 5.89. The van der Waals surface area contributed by atoms with E-state index in [1.807, 2.05) is 12.1 Å². The van der Waals surface area contributed by atoms with Gasteiger partial charge in [-0.1, -0.05) is 54.8 Å². The zero-order valence-electron chi connectivity index (χ0n) is 13.8. The largest absolute Gasteiger partial charge is 0.343 e. The average Bonchev–Trinajstić information content (AvgIpc) is 3.24. The van der Waals surface area contributed by atoms with Crippen molar-refractivity contribution < 1.29 is 0 Å². The van der Waals surface area contributed by atoms with E-state index in [0.29, 0.717) is 6.04 Å². The third kappa shape index (κ3) is 3.35. The summed E-state index contributed by atoms with van der Waals surface area (Å²) in [7, 11) is 0. The first-order valence-corrected chi connectivity index (χ1v) is 9.22. The minimum absolute atomic E-state index is 0.698. The molecule has 0 atom stereocenters. The maximum atomic E-state index is 6.00. The van der Waals surface area contributed by atoms with Gasteiger partial charge >= 0.3 is 0 Å². The molecule has 0 saturated heterocycles. The van der Waals surface area contributed by atoms with Gasteiger partial charge in [-0.05, 0) is 42.2 Å². The Bertz CT molecular complexity index is 813. The number of benzene rings is 2. The summed E-state index contributed by atoms with van der Waals surface area (Å²) in [6.45, 7) is 1.83. The van der Waals surface area contributed by atoms with Crippen LogP contribution >= 0.6 is 11.6 Å². The first kappa shape index (κ1) is 15.7. The minimum atomic E-state index is 0.698. The molecule has 1 fully saturated rings. The van der Waals surface area contributed by atoms with Crippen molar-refractivity contribution in [1.82, 2.24) is 9.88 Å². The Kier molecular flexibility index (Phi) is 4.59. The zero-order chi connectivity index (χ0) is 16.4. The third-order valence-corrected chi connectivity index (χ3v) is 5.33. The first-order valence-electron chi connectivity index (χ1n) is 8.84. The van der Waals surface area contributed by atoms with Gasteiger partial charge in [0.1, 0.15) is 0 Å². The minimum Gasteiger partial charge on any atom is -0.343 e. The van der Waals surface area contributed by atoms with Crippen molar-refractivity contribution >= 4 is 22.5 Å². The van der Waals surface area contributed by atoms with Crippen LogP contribution in [0.1, 0.15) is 36.8 Å². The summed E-state index contributed by atoms with van der Waals surface area (Å²) in [5.41, 5.74) is 3.97. The second-order valence-electron chi connectivity index (χ2n) is 6.79. The van der Waals surface area contributed by atoms with Crippen LogP contribution in [0.15, 0.2) is 54.7 Å². The number of hydrogen-bond acceptors (Lipinski definition) is 1. The Morgan fingerprint density at radius 3 is 2.54 bits per heavy atom. The molecule has 0 aliphatic heterocycles. The van der Waals surface area contributed by atoms with E-state index in [1.165, 1.54) is 47.7 Å². The van der Waals surface area contributed by atoms with Crippen LogP contribution in [-0.2, 0) is 13.1 Å². The maximum absolute atomic E-state index is 6.00. The van der Waals surface area contributed by atoms with E-state index in [4.69, 9.17) is 11.6 Å². The summed E-state index contributed by atoms with van der Waals surface area (Å²) in [6.07, 6.45) is 7.69. The van der Waals surface area contributed by atoms with E-state index < -0.39 is 0 Å². The Morgan fingerprint density at radius 2 is 1.75 bits per heavy atom. The second-order valence-corrected chi connectivity index (χ2v) is 7.22. The standard InChI is InChI=1S/C21H23ClN2/c22-18-11-9-16(10-12-18)14-24-15-17(13-23-19-5-1-2-6-19)20-7-3-4-8-21(20)24/h3-4,7-12,15,19,23H,1-2,5-6,13-14H2. The molecule has 3 heteroatoms. The van der Waals surface area contributed by atoms with Crippen LogP contribution in [0.4, 0.5) is 0 Å². The van der Waals surface area contributed by atoms with Crippen LogP contribution < -0.4 is 5.32 Å². The van der Waals surface area contributed by atoms with Gasteiger partial charge in [0.05, 0.1) is 0 Å². The molecule has 0 radical (unpaired) electrons. The number of rotatable bonds is 5. The first-order chi connectivity index (χ1) is 11.8. The molecule has 0 bridgehead atoms. The van der Waals surface area contributed by atoms with Crippen LogP contribution in [0.25, 0.3) is 10.9 Å². The number of nitrogens with zero attached hydrogens (tertiary/aromatic N) is 1. The third-order valence-electron chi connectivity index (χ3n) is 5.07. The van der Waals surface area contributed by atoms with Gasteiger partial charge in [-0.15, -0.1) is 0 Å². The number of halogens is 1. The Morgan fingerprint density at radius 1 is 1.00 bits per heavy atom. The lowest BCUT2D eigenvalue weighted by molar-refractivity contribution is 0.525. The lowest BCUT2D eigenvalue weighted by Crippen LogP contribution is -2.25. The fourth-order valence-corrected chi connectivity index (χ4v) is 3.89. The fraction of sp³-hybridized carbons (Fsp3) is 0.333. The lowest BCUT2D eigenvalue weighted by Gasteiger charge is -2.10. The van der Waals surface area contributed by atoms with Gasteiger partial charge in [-0.3, -0.25) is 0 Å². The van der Waals surface area contributed by atoms with Crippen molar-refractivity contribution in [2.75, 3.05) is 0 Å². The Hall–Kier alpha value is -1.77. The number of fused-ring (bicyclic) bond motifs is 1. The molecule has 1 aliphatic carbocycles. The smallest absolute Gasteiger partial charge is 0.0486 e. The SMILES string of the molecule is Clc1ccc(Cn2cc(CNC3CCCC3)c3ccccc32)cc1. The molecule has 1 saturated carbocycles. The van der Waals surface area contributed by atoms with Gasteiger partial charge in [-0.2, -0.15) is 0 Å². The molecule has 4 rings (SSSR count). The number of hydrogen-bond donors (Lipinski definition) is 1. The molecular formula is C21H23ClN2. The van der Waals surface area contributed by atoms with Gasteiger partial charge < -0.3 is 9.88 Å². The van der Waals surface area contributed by atoms with Gasteiger partial charge in [0, 0.05) is 41.3 Å². The fourth-order valence-electron chi connectivity index (χ4n) is 3.77. The van der Waals surface area contributed by atoms with E-state index in [0.717, 1.165) is 18.1 Å². The van der Waals surface area contributed by atoms with Crippen molar-refractivity contribution in [2.45, 2.75) is 44.8 Å².